The number of thiazole rings is 1. The van der Waals surface area contributed by atoms with Gasteiger partial charge in [0.25, 0.3) is 0 Å². The molecule has 17 heavy (non-hydrogen) atoms. The molecular formula is C14H18N2S. The zero-order valence-corrected chi connectivity index (χ0v) is 11.0. The van der Waals surface area contributed by atoms with Crippen molar-refractivity contribution in [3.05, 3.63) is 29.3 Å². The Morgan fingerprint density at radius 1 is 1.29 bits per heavy atom. The Bertz CT molecular complexity index is 479. The molecule has 3 heteroatoms. The Hall–Kier alpha value is -0.930. The number of fused-ring (bicyclic) bond motifs is 1. The molecule has 0 unspecified atom stereocenters. The van der Waals surface area contributed by atoms with Gasteiger partial charge in [-0.2, -0.15) is 0 Å². The standard InChI is InChI=1S/C14H18N2S/c1-2-14(7-9-15-10-8-14)13-16-11-5-3-4-6-12(11)17-13/h3-6,15H,2,7-10H2,1H3. The second-order valence-electron chi connectivity index (χ2n) is 4.87. The van der Waals surface area contributed by atoms with Crippen molar-refractivity contribution in [2.75, 3.05) is 13.1 Å². The first-order valence-corrected chi connectivity index (χ1v) is 7.22. The van der Waals surface area contributed by atoms with Crippen molar-refractivity contribution in [1.82, 2.24) is 10.3 Å². The van der Waals surface area contributed by atoms with Gasteiger partial charge in [-0.15, -0.1) is 11.3 Å². The number of para-hydroxylation sites is 1. The summed E-state index contributed by atoms with van der Waals surface area (Å²) in [5, 5.41) is 4.80. The molecule has 2 aromatic rings. The van der Waals surface area contributed by atoms with E-state index in [1.807, 2.05) is 11.3 Å². The summed E-state index contributed by atoms with van der Waals surface area (Å²) in [5.41, 5.74) is 1.49. The molecule has 1 aliphatic heterocycles. The number of nitrogens with zero attached hydrogens (tertiary/aromatic N) is 1. The summed E-state index contributed by atoms with van der Waals surface area (Å²) in [5.74, 6) is 0. The summed E-state index contributed by atoms with van der Waals surface area (Å²) in [6.45, 7) is 4.56. The van der Waals surface area contributed by atoms with Gasteiger partial charge in [0.2, 0.25) is 0 Å². The van der Waals surface area contributed by atoms with Gasteiger partial charge in [0, 0.05) is 5.41 Å². The highest BCUT2D eigenvalue weighted by atomic mass is 32.1. The smallest absolute Gasteiger partial charge is 0.100 e. The van der Waals surface area contributed by atoms with Crippen molar-refractivity contribution >= 4 is 21.6 Å². The number of hydrogen-bond donors (Lipinski definition) is 1. The van der Waals surface area contributed by atoms with Gasteiger partial charge in [0.05, 0.1) is 10.2 Å². The second kappa shape index (κ2) is 4.39. The second-order valence-corrected chi connectivity index (χ2v) is 5.90. The van der Waals surface area contributed by atoms with E-state index >= 15 is 0 Å². The minimum absolute atomic E-state index is 0.328. The third-order valence-corrected chi connectivity index (χ3v) is 5.27. The molecule has 0 radical (unpaired) electrons. The van der Waals surface area contributed by atoms with Crippen LogP contribution in [-0.4, -0.2) is 18.1 Å². The lowest BCUT2D eigenvalue weighted by atomic mass is 9.77. The average Bonchev–Trinajstić information content (AvgIpc) is 2.84. The number of nitrogens with one attached hydrogen (secondary N) is 1. The van der Waals surface area contributed by atoms with E-state index in [0.717, 1.165) is 13.1 Å². The zero-order chi connectivity index (χ0) is 11.7. The van der Waals surface area contributed by atoms with Crippen LogP contribution in [0.25, 0.3) is 10.2 Å². The Morgan fingerprint density at radius 2 is 2.06 bits per heavy atom. The lowest BCUT2D eigenvalue weighted by Crippen LogP contribution is -2.39. The van der Waals surface area contributed by atoms with Gasteiger partial charge >= 0.3 is 0 Å². The van der Waals surface area contributed by atoms with Crippen LogP contribution in [0, 0.1) is 0 Å². The first-order chi connectivity index (χ1) is 8.34. The molecule has 1 saturated heterocycles. The Balaban J connectivity index is 2.05. The van der Waals surface area contributed by atoms with Gasteiger partial charge in [-0.05, 0) is 44.5 Å². The molecule has 0 bridgehead atoms. The quantitative estimate of drug-likeness (QED) is 0.879. The van der Waals surface area contributed by atoms with Gasteiger partial charge < -0.3 is 5.32 Å². The normalized spacial score (nSPS) is 19.6. The molecule has 1 aromatic carbocycles. The minimum atomic E-state index is 0.328. The molecule has 0 aliphatic carbocycles. The molecule has 1 aliphatic rings. The van der Waals surface area contributed by atoms with Crippen molar-refractivity contribution in [2.45, 2.75) is 31.6 Å². The van der Waals surface area contributed by atoms with E-state index in [-0.39, 0.29) is 0 Å². The first-order valence-electron chi connectivity index (χ1n) is 6.41. The van der Waals surface area contributed by atoms with Crippen LogP contribution in [-0.2, 0) is 5.41 Å². The van der Waals surface area contributed by atoms with E-state index in [9.17, 15) is 0 Å². The van der Waals surface area contributed by atoms with Gasteiger partial charge in [-0.1, -0.05) is 19.1 Å². The lowest BCUT2D eigenvalue weighted by molar-refractivity contribution is 0.297. The molecule has 1 fully saturated rings. The maximum Gasteiger partial charge on any atom is 0.100 e. The third-order valence-electron chi connectivity index (χ3n) is 3.98. The van der Waals surface area contributed by atoms with E-state index in [4.69, 9.17) is 4.98 Å². The molecule has 3 rings (SSSR count). The molecule has 0 atom stereocenters. The molecule has 1 aromatic heterocycles. The third kappa shape index (κ3) is 1.87. The number of piperidine rings is 1. The van der Waals surface area contributed by atoms with Crippen molar-refractivity contribution < 1.29 is 0 Å². The highest BCUT2D eigenvalue weighted by Crippen LogP contribution is 2.40. The maximum absolute atomic E-state index is 4.87. The van der Waals surface area contributed by atoms with Gasteiger partial charge in [-0.3, -0.25) is 0 Å². The van der Waals surface area contributed by atoms with Crippen LogP contribution in [0.4, 0.5) is 0 Å². The summed E-state index contributed by atoms with van der Waals surface area (Å²) >= 11 is 1.89. The SMILES string of the molecule is CCC1(c2nc3ccccc3s2)CCNCC1. The van der Waals surface area contributed by atoms with Crippen LogP contribution in [0.5, 0.6) is 0 Å². The van der Waals surface area contributed by atoms with Gasteiger partial charge in [0.15, 0.2) is 0 Å². The fourth-order valence-corrected chi connectivity index (χ4v) is 4.01. The molecular weight excluding hydrogens is 228 g/mol. The van der Waals surface area contributed by atoms with E-state index in [1.165, 1.54) is 34.5 Å². The Labute approximate surface area is 106 Å². The van der Waals surface area contributed by atoms with E-state index in [0.29, 0.717) is 5.41 Å². The minimum Gasteiger partial charge on any atom is -0.317 e. The van der Waals surface area contributed by atoms with E-state index in [2.05, 4.69) is 36.5 Å². The molecule has 90 valence electrons. The van der Waals surface area contributed by atoms with Crippen LogP contribution >= 0.6 is 11.3 Å². The van der Waals surface area contributed by atoms with Crippen LogP contribution < -0.4 is 5.32 Å². The van der Waals surface area contributed by atoms with Crippen molar-refractivity contribution in [1.29, 1.82) is 0 Å². The fraction of sp³-hybridized carbons (Fsp3) is 0.500. The molecule has 0 amide bonds. The first kappa shape index (κ1) is 11.2. The summed E-state index contributed by atoms with van der Waals surface area (Å²) in [4.78, 5) is 4.87. The highest BCUT2D eigenvalue weighted by Gasteiger charge is 2.34. The molecule has 2 heterocycles. The topological polar surface area (TPSA) is 24.9 Å². The van der Waals surface area contributed by atoms with Crippen LogP contribution in [0.2, 0.25) is 0 Å². The lowest BCUT2D eigenvalue weighted by Gasteiger charge is -2.34. The number of aromatic nitrogens is 1. The predicted octanol–water partition coefficient (Wildman–Crippen LogP) is 3.33. The van der Waals surface area contributed by atoms with Crippen molar-refractivity contribution in [3.63, 3.8) is 0 Å². The maximum atomic E-state index is 4.87. The summed E-state index contributed by atoms with van der Waals surface area (Å²) in [6.07, 6.45) is 3.65. The van der Waals surface area contributed by atoms with E-state index in [1.54, 1.807) is 0 Å². The number of hydrogen-bond acceptors (Lipinski definition) is 3. The van der Waals surface area contributed by atoms with Crippen LogP contribution in [0.3, 0.4) is 0 Å². The van der Waals surface area contributed by atoms with Gasteiger partial charge in [0.1, 0.15) is 5.01 Å². The molecule has 2 nitrogen and oxygen atoms in total. The van der Waals surface area contributed by atoms with Gasteiger partial charge in [-0.25, -0.2) is 4.98 Å². The zero-order valence-electron chi connectivity index (χ0n) is 10.2. The van der Waals surface area contributed by atoms with Crippen LogP contribution in [0.1, 0.15) is 31.2 Å². The number of benzene rings is 1. The highest BCUT2D eigenvalue weighted by molar-refractivity contribution is 7.18. The summed E-state index contributed by atoms with van der Waals surface area (Å²) in [7, 11) is 0. The molecule has 1 N–H and O–H groups in total. The number of rotatable bonds is 2. The summed E-state index contributed by atoms with van der Waals surface area (Å²) in [6, 6.07) is 8.49. The molecule has 0 saturated carbocycles. The average molecular weight is 246 g/mol. The largest absolute Gasteiger partial charge is 0.317 e. The van der Waals surface area contributed by atoms with Crippen LogP contribution in [0.15, 0.2) is 24.3 Å². The fourth-order valence-electron chi connectivity index (χ4n) is 2.72. The summed E-state index contributed by atoms with van der Waals surface area (Å²) < 4.78 is 1.33. The monoisotopic (exact) mass is 246 g/mol. The predicted molar refractivity (Wildman–Crippen MR) is 73.7 cm³/mol. The Kier molecular flexibility index (Phi) is 2.89. The Morgan fingerprint density at radius 3 is 2.76 bits per heavy atom. The van der Waals surface area contributed by atoms with Crippen molar-refractivity contribution in [2.24, 2.45) is 0 Å². The van der Waals surface area contributed by atoms with Crippen molar-refractivity contribution in [3.8, 4) is 0 Å². The molecule has 0 spiro atoms. The van der Waals surface area contributed by atoms with E-state index < -0.39 is 0 Å².